The number of hydrogen-bond acceptors (Lipinski definition) is 4. The van der Waals surface area contributed by atoms with Gasteiger partial charge in [-0.05, 0) is 54.5 Å². The molecule has 2 heterocycles. The number of anilines is 1. The van der Waals surface area contributed by atoms with E-state index in [1.54, 1.807) is 24.5 Å². The minimum atomic E-state index is 0.0475. The van der Waals surface area contributed by atoms with Crippen LogP contribution in [0.4, 0.5) is 5.00 Å². The molecule has 2 aliphatic rings. The van der Waals surface area contributed by atoms with E-state index >= 15 is 0 Å². The van der Waals surface area contributed by atoms with Crippen LogP contribution in [0.1, 0.15) is 46.7 Å². The van der Waals surface area contributed by atoms with Crippen LogP contribution < -0.4 is 10.1 Å². The summed E-state index contributed by atoms with van der Waals surface area (Å²) < 4.78 is 5.24. The third-order valence-electron chi connectivity index (χ3n) is 4.81. The highest BCUT2D eigenvalue weighted by Gasteiger charge is 2.33. The fourth-order valence-electron chi connectivity index (χ4n) is 3.71. The van der Waals surface area contributed by atoms with E-state index in [1.165, 1.54) is 28.8 Å². The molecule has 23 heavy (non-hydrogen) atoms. The number of fused-ring (bicyclic) bond motifs is 3. The third-order valence-corrected chi connectivity index (χ3v) is 6.03. The van der Waals surface area contributed by atoms with Gasteiger partial charge in [0.25, 0.3) is 0 Å². The zero-order chi connectivity index (χ0) is 16.0. The molecule has 1 aromatic carbocycles. The van der Waals surface area contributed by atoms with Crippen LogP contribution >= 0.6 is 11.3 Å². The average Bonchev–Trinajstić information content (AvgIpc) is 2.92. The second-order valence-corrected chi connectivity index (χ2v) is 7.30. The number of carbonyl (C=O) groups is 1. The third kappa shape index (κ3) is 2.39. The van der Waals surface area contributed by atoms with Crippen molar-refractivity contribution in [1.29, 1.82) is 0 Å². The lowest BCUT2D eigenvalue weighted by atomic mass is 9.82. The Balaban J connectivity index is 1.84. The summed E-state index contributed by atoms with van der Waals surface area (Å²) in [6.45, 7) is 0. The summed E-state index contributed by atoms with van der Waals surface area (Å²) in [5.74, 6) is 0.697. The van der Waals surface area contributed by atoms with Crippen molar-refractivity contribution in [3.63, 3.8) is 0 Å². The van der Waals surface area contributed by atoms with E-state index in [-0.39, 0.29) is 17.6 Å². The maximum Gasteiger partial charge on any atom is 0.225 e. The van der Waals surface area contributed by atoms with E-state index in [0.29, 0.717) is 12.2 Å². The number of rotatable bonds is 2. The number of benzene rings is 1. The zero-order valence-corrected chi connectivity index (χ0v) is 13.8. The number of methoxy groups -OCH3 is 1. The predicted molar refractivity (Wildman–Crippen MR) is 90.7 cm³/mol. The Labute approximate surface area is 139 Å². The van der Waals surface area contributed by atoms with Gasteiger partial charge in [-0.2, -0.15) is 0 Å². The molecule has 2 N–H and O–H groups in total. The molecule has 0 radical (unpaired) electrons. The van der Waals surface area contributed by atoms with Crippen LogP contribution in [-0.2, 0) is 17.6 Å². The normalized spacial score (nSPS) is 19.7. The Hall–Kier alpha value is -2.01. The Kier molecular flexibility index (Phi) is 3.53. The van der Waals surface area contributed by atoms with Gasteiger partial charge in [0, 0.05) is 17.2 Å². The number of hydrogen-bond donors (Lipinski definition) is 2. The summed E-state index contributed by atoms with van der Waals surface area (Å²) >= 11 is 1.74. The lowest BCUT2D eigenvalue weighted by Gasteiger charge is -2.26. The fraction of sp³-hybridized carbons (Fsp3) is 0.389. The summed E-state index contributed by atoms with van der Waals surface area (Å²) in [4.78, 5) is 13.6. The van der Waals surface area contributed by atoms with Crippen LogP contribution in [0.2, 0.25) is 0 Å². The Morgan fingerprint density at radius 3 is 2.96 bits per heavy atom. The average molecular weight is 329 g/mol. The molecule has 0 spiro atoms. The Morgan fingerprint density at radius 2 is 2.13 bits per heavy atom. The van der Waals surface area contributed by atoms with Gasteiger partial charge < -0.3 is 15.2 Å². The fourth-order valence-corrected chi connectivity index (χ4v) is 5.08. The first-order valence-electron chi connectivity index (χ1n) is 7.98. The number of aryl methyl sites for hydroxylation is 1. The summed E-state index contributed by atoms with van der Waals surface area (Å²) in [7, 11) is 1.55. The first kappa shape index (κ1) is 14.6. The largest absolute Gasteiger partial charge is 0.504 e. The molecule has 1 atom stereocenters. The van der Waals surface area contributed by atoms with Crippen LogP contribution in [0.25, 0.3) is 0 Å². The lowest BCUT2D eigenvalue weighted by molar-refractivity contribution is -0.116. The Morgan fingerprint density at radius 1 is 1.30 bits per heavy atom. The number of aromatic hydroxyl groups is 1. The molecule has 1 unspecified atom stereocenters. The molecule has 4 rings (SSSR count). The molecule has 0 saturated heterocycles. The van der Waals surface area contributed by atoms with E-state index < -0.39 is 0 Å². The monoisotopic (exact) mass is 329 g/mol. The van der Waals surface area contributed by atoms with Crippen molar-refractivity contribution in [3.8, 4) is 11.5 Å². The van der Waals surface area contributed by atoms with E-state index in [9.17, 15) is 9.90 Å². The van der Waals surface area contributed by atoms with Crippen molar-refractivity contribution in [2.75, 3.05) is 12.4 Å². The van der Waals surface area contributed by atoms with Crippen molar-refractivity contribution in [2.45, 2.75) is 38.0 Å². The lowest BCUT2D eigenvalue weighted by Crippen LogP contribution is -2.23. The summed E-state index contributed by atoms with van der Waals surface area (Å²) in [6.07, 6.45) is 5.12. The summed E-state index contributed by atoms with van der Waals surface area (Å²) in [5.41, 5.74) is 3.76. The van der Waals surface area contributed by atoms with E-state index in [2.05, 4.69) is 5.32 Å². The van der Waals surface area contributed by atoms with Gasteiger partial charge in [-0.3, -0.25) is 4.79 Å². The van der Waals surface area contributed by atoms with Gasteiger partial charge in [-0.1, -0.05) is 6.07 Å². The van der Waals surface area contributed by atoms with E-state index in [1.807, 2.05) is 12.1 Å². The standard InChI is InChI=1S/C18H19NO3S/c1-22-14-8-10(6-7-13(14)20)12-9-16(21)19-18-17(12)11-4-2-3-5-15(11)23-18/h6-8,12,20H,2-5,9H2,1H3,(H,19,21). The van der Waals surface area contributed by atoms with Gasteiger partial charge in [-0.15, -0.1) is 11.3 Å². The molecule has 120 valence electrons. The maximum absolute atomic E-state index is 12.2. The molecular weight excluding hydrogens is 310 g/mol. The molecule has 1 aliphatic carbocycles. The van der Waals surface area contributed by atoms with Gasteiger partial charge in [0.15, 0.2) is 11.5 Å². The molecule has 1 amide bonds. The second-order valence-electron chi connectivity index (χ2n) is 6.19. The van der Waals surface area contributed by atoms with Crippen LogP contribution in [-0.4, -0.2) is 18.1 Å². The molecule has 4 nitrogen and oxygen atoms in total. The molecule has 1 aromatic heterocycles. The van der Waals surface area contributed by atoms with Crippen molar-refractivity contribution in [2.24, 2.45) is 0 Å². The van der Waals surface area contributed by atoms with Crippen LogP contribution in [0.15, 0.2) is 18.2 Å². The molecule has 0 saturated carbocycles. The minimum Gasteiger partial charge on any atom is -0.504 e. The number of phenols is 1. The van der Waals surface area contributed by atoms with E-state index in [0.717, 1.165) is 23.4 Å². The summed E-state index contributed by atoms with van der Waals surface area (Å²) in [6, 6.07) is 5.41. The van der Waals surface area contributed by atoms with Crippen molar-refractivity contribution in [1.82, 2.24) is 0 Å². The molecule has 1 aliphatic heterocycles. The van der Waals surface area contributed by atoms with Gasteiger partial charge in [0.1, 0.15) is 0 Å². The molecule has 0 fully saturated rings. The highest BCUT2D eigenvalue weighted by Crippen LogP contribution is 2.48. The van der Waals surface area contributed by atoms with Gasteiger partial charge in [0.2, 0.25) is 5.91 Å². The topological polar surface area (TPSA) is 58.6 Å². The number of thiophene rings is 1. The van der Waals surface area contributed by atoms with E-state index in [4.69, 9.17) is 4.74 Å². The Bertz CT molecular complexity index is 781. The maximum atomic E-state index is 12.2. The molecular formula is C18H19NO3S. The zero-order valence-electron chi connectivity index (χ0n) is 13.0. The summed E-state index contributed by atoms with van der Waals surface area (Å²) in [5, 5.41) is 13.9. The predicted octanol–water partition coefficient (Wildman–Crippen LogP) is 3.82. The van der Waals surface area contributed by atoms with Crippen LogP contribution in [0, 0.1) is 0 Å². The first-order valence-corrected chi connectivity index (χ1v) is 8.80. The number of phenolic OH excluding ortho intramolecular Hbond substituents is 1. The van der Waals surface area contributed by atoms with Crippen molar-refractivity contribution < 1.29 is 14.6 Å². The van der Waals surface area contributed by atoms with Gasteiger partial charge in [0.05, 0.1) is 12.1 Å². The number of carbonyl (C=O) groups excluding carboxylic acids is 1. The van der Waals surface area contributed by atoms with Gasteiger partial charge >= 0.3 is 0 Å². The first-order chi connectivity index (χ1) is 11.2. The van der Waals surface area contributed by atoms with Crippen LogP contribution in [0.3, 0.4) is 0 Å². The van der Waals surface area contributed by atoms with Crippen molar-refractivity contribution >= 4 is 22.2 Å². The molecule has 0 bridgehead atoms. The SMILES string of the molecule is COc1cc(C2CC(=O)Nc3sc4c(c32)CCCC4)ccc1O. The highest BCUT2D eigenvalue weighted by molar-refractivity contribution is 7.16. The number of ether oxygens (including phenoxy) is 1. The number of amides is 1. The van der Waals surface area contributed by atoms with Gasteiger partial charge in [-0.25, -0.2) is 0 Å². The smallest absolute Gasteiger partial charge is 0.225 e. The molecule has 5 heteroatoms. The minimum absolute atomic E-state index is 0.0475. The van der Waals surface area contributed by atoms with Crippen LogP contribution in [0.5, 0.6) is 11.5 Å². The highest BCUT2D eigenvalue weighted by atomic mass is 32.1. The quantitative estimate of drug-likeness (QED) is 0.881. The number of nitrogens with one attached hydrogen (secondary N) is 1. The molecule has 2 aromatic rings. The van der Waals surface area contributed by atoms with Crippen molar-refractivity contribution in [3.05, 3.63) is 39.8 Å². The second kappa shape index (κ2) is 5.57.